The summed E-state index contributed by atoms with van der Waals surface area (Å²) in [6.45, 7) is 13.3. The number of aliphatic hydroxyl groups is 2. The highest BCUT2D eigenvalue weighted by Crippen LogP contribution is 2.74. The highest BCUT2D eigenvalue weighted by molar-refractivity contribution is 6.32. The number of nitrogens with two attached hydrogens (primary N) is 1. The molecule has 12 rings (SSSR count). The number of carboxylic acids is 1. The van der Waals surface area contributed by atoms with Gasteiger partial charge < -0.3 is 41.2 Å². The normalized spacial score (nSPS) is 31.3. The van der Waals surface area contributed by atoms with Crippen LogP contribution in [0.2, 0.25) is 20.4 Å². The van der Waals surface area contributed by atoms with Gasteiger partial charge in [-0.3, -0.25) is 19.2 Å². The number of anilines is 2. The average molecular weight is 1290 g/mol. The van der Waals surface area contributed by atoms with Gasteiger partial charge in [-0.1, -0.05) is 86.2 Å². The summed E-state index contributed by atoms with van der Waals surface area (Å²) in [6, 6.07) is 13.9. The average Bonchev–Trinajstić information content (AvgIpc) is 1.52. The number of benzene rings is 2. The molecule has 2 aromatic heterocycles. The summed E-state index contributed by atoms with van der Waals surface area (Å²) >= 11 is 24.9. The second-order valence-corrected chi connectivity index (χ2v) is 29.0. The van der Waals surface area contributed by atoms with Gasteiger partial charge >= 0.3 is 5.97 Å². The van der Waals surface area contributed by atoms with Crippen LogP contribution in [-0.2, 0) is 39.5 Å². The molecule has 4 aliphatic heterocycles. The SMILES string of the molecule is CC(O)[C@@H]1CC[C@@H](CC(=O)[C@@H]2CC3(CCC(C)(C)CC3)[C@@]3(C(=O)Nc4cc(Cl)ccc43)[C@H]2c2ccnc(Cl)c2F)CO1.CC(O)[C@@H]1CC[C@@H](N)CO1.CC1(C)CCC2(CC1)C[C@@H](C(=O)O)[C@H](c1ccnc(Cl)c1F)C21C(=O)Nc2cc(Cl)ccc21.Cl. The van der Waals surface area contributed by atoms with Crippen molar-refractivity contribution in [3.63, 3.8) is 0 Å². The summed E-state index contributed by atoms with van der Waals surface area (Å²) in [5.74, 6) is -6.19. The molecule has 21 heteroatoms. The minimum Gasteiger partial charge on any atom is -0.481 e. The summed E-state index contributed by atoms with van der Waals surface area (Å²) in [6.07, 6.45) is 12.4. The number of nitrogens with zero attached hydrogens (tertiary/aromatic N) is 2. The number of aliphatic hydroxyl groups excluding tert-OH is 2. The summed E-state index contributed by atoms with van der Waals surface area (Å²) in [4.78, 5) is 63.4. The standard InChI is InChI=1S/C33H39Cl2FN2O4.C25H25Cl2FN2O3.C7H15NO2.ClH/c1-18(39)26-7-4-19(17-42-26)14-25(40)22-16-32(11-9-31(2,3)10-12-32)33(27(22)21-8-13-37-29(35)28(21)36)23-6-5-20(34)15-24(23)38-30(33)41;1-23(2)6-8-24(9-7-23)12-15(21(31)32)18(14-5-10-29-20(27)19(14)28)25(24)16-4-3-13(26)11-17(16)30-22(25)33;1-5(9)7-3-2-6(8)4-10-7;/h5-6,8,13,15,18-19,22,26-27,39H,4,7,9-12,14,16-17H2,1-3H3,(H,38,41);3-5,10-11,15,18H,6-9,12H2,1-2H3,(H,30,33)(H,31,32);5-7,9H,2-4,8H2,1H3;1H/t18?,19-,22-,26-,27-,33+;15-,18+,25?;5?,6-,7+;/m011./s1. The third-order valence-electron chi connectivity index (χ3n) is 21.3. The lowest BCUT2D eigenvalue weighted by Gasteiger charge is -2.51. The molecule has 3 unspecified atom stereocenters. The molecule has 2 amide bonds. The molecule has 2 aromatic carbocycles. The molecule has 4 aromatic rings. The van der Waals surface area contributed by atoms with Gasteiger partial charge in [0.25, 0.3) is 0 Å². The fraction of sp³-hybridized carbons (Fsp3) is 0.600. The van der Waals surface area contributed by atoms with E-state index in [1.165, 1.54) is 18.5 Å². The van der Waals surface area contributed by atoms with Crippen LogP contribution >= 0.6 is 58.8 Å². The number of amides is 2. The van der Waals surface area contributed by atoms with E-state index in [9.17, 15) is 29.4 Å². The van der Waals surface area contributed by atoms with Crippen molar-refractivity contribution in [1.29, 1.82) is 0 Å². The topological polar surface area (TPSA) is 223 Å². The molecule has 8 aliphatic rings. The molecule has 7 N–H and O–H groups in total. The van der Waals surface area contributed by atoms with Crippen LogP contribution in [0, 0.1) is 51.0 Å². The second-order valence-electron chi connectivity index (χ2n) is 27.4. The third-order valence-corrected chi connectivity index (χ3v) is 22.2. The number of Topliss-reactive ketones (excluding diaryl/α,β-unsaturated/α-hetero) is 1. The number of rotatable bonds is 8. The number of halogens is 7. The molecule has 0 radical (unpaired) electrons. The van der Waals surface area contributed by atoms with Crippen molar-refractivity contribution in [3.05, 3.63) is 115 Å². The van der Waals surface area contributed by atoms with Crippen LogP contribution < -0.4 is 16.4 Å². The maximum Gasteiger partial charge on any atom is 0.307 e. The van der Waals surface area contributed by atoms with Crippen molar-refractivity contribution in [3.8, 4) is 0 Å². The lowest BCUT2D eigenvalue weighted by molar-refractivity contribution is -0.142. The highest BCUT2D eigenvalue weighted by Gasteiger charge is 2.74. The summed E-state index contributed by atoms with van der Waals surface area (Å²) in [5.41, 5.74) is 5.22. The first kappa shape index (κ1) is 66.4. The van der Waals surface area contributed by atoms with E-state index in [1.807, 2.05) is 6.07 Å². The fourth-order valence-corrected chi connectivity index (χ4v) is 17.4. The molecule has 2 saturated heterocycles. The predicted molar refractivity (Wildman–Crippen MR) is 330 cm³/mol. The van der Waals surface area contributed by atoms with Crippen LogP contribution in [0.25, 0.3) is 0 Å². The van der Waals surface area contributed by atoms with E-state index in [0.717, 1.165) is 63.4 Å². The first-order valence-electron chi connectivity index (χ1n) is 30.0. The summed E-state index contributed by atoms with van der Waals surface area (Å²) < 4.78 is 42.7. The molecule has 468 valence electrons. The van der Waals surface area contributed by atoms with Crippen molar-refractivity contribution in [1.82, 2.24) is 9.97 Å². The van der Waals surface area contributed by atoms with Crippen LogP contribution in [0.4, 0.5) is 20.2 Å². The number of aromatic nitrogens is 2. The molecule has 4 saturated carbocycles. The zero-order valence-corrected chi connectivity index (χ0v) is 53.3. The molecular weight excluding hydrogens is 1210 g/mol. The molecule has 4 spiro atoms. The predicted octanol–water partition coefficient (Wildman–Crippen LogP) is 13.7. The van der Waals surface area contributed by atoms with E-state index in [2.05, 4.69) is 48.3 Å². The van der Waals surface area contributed by atoms with Crippen molar-refractivity contribution < 1.29 is 52.8 Å². The lowest BCUT2D eigenvalue weighted by Crippen LogP contribution is -2.52. The number of hydrogen-bond donors (Lipinski definition) is 6. The van der Waals surface area contributed by atoms with Gasteiger partial charge in [-0.15, -0.1) is 12.4 Å². The number of fused-ring (bicyclic) bond motifs is 6. The molecule has 86 heavy (non-hydrogen) atoms. The quantitative estimate of drug-likeness (QED) is 0.0907. The van der Waals surface area contributed by atoms with E-state index < -0.39 is 69.0 Å². The number of nitrogens with one attached hydrogen (secondary N) is 2. The Labute approximate surface area is 528 Å². The Bertz CT molecular complexity index is 3210. The minimum atomic E-state index is -1.25. The Hall–Kier alpha value is -4.07. The lowest BCUT2D eigenvalue weighted by atomic mass is 9.51. The Morgan fingerprint density at radius 3 is 1.47 bits per heavy atom. The van der Waals surface area contributed by atoms with Crippen LogP contribution in [0.15, 0.2) is 60.9 Å². The van der Waals surface area contributed by atoms with Crippen LogP contribution in [0.3, 0.4) is 0 Å². The van der Waals surface area contributed by atoms with Gasteiger partial charge in [-0.25, -0.2) is 18.7 Å². The Kier molecular flexibility index (Phi) is 19.5. The molecule has 0 bridgehead atoms. The van der Waals surface area contributed by atoms with E-state index >= 15 is 8.78 Å². The van der Waals surface area contributed by atoms with Gasteiger partial charge in [0.05, 0.1) is 54.4 Å². The third kappa shape index (κ3) is 11.7. The van der Waals surface area contributed by atoms with E-state index in [-0.39, 0.29) is 105 Å². The van der Waals surface area contributed by atoms with Gasteiger partial charge in [0, 0.05) is 64.0 Å². The van der Waals surface area contributed by atoms with E-state index in [4.69, 9.17) is 66.7 Å². The largest absolute Gasteiger partial charge is 0.481 e. The molecule has 14 nitrogen and oxygen atoms in total. The van der Waals surface area contributed by atoms with Crippen LogP contribution in [0.1, 0.15) is 172 Å². The first-order chi connectivity index (χ1) is 40.1. The van der Waals surface area contributed by atoms with Crippen molar-refractivity contribution >= 4 is 93.8 Å². The Balaban J connectivity index is 0.000000178. The first-order valence-corrected chi connectivity index (χ1v) is 31.6. The molecule has 4 aliphatic carbocycles. The highest BCUT2D eigenvalue weighted by atomic mass is 35.5. The van der Waals surface area contributed by atoms with E-state index in [1.54, 1.807) is 50.2 Å². The van der Waals surface area contributed by atoms with Crippen molar-refractivity contribution in [2.45, 2.75) is 191 Å². The molecular formula is C65H80Cl5F2N5O9. The fourth-order valence-electron chi connectivity index (χ4n) is 16.7. The van der Waals surface area contributed by atoms with Crippen molar-refractivity contribution in [2.75, 3.05) is 23.8 Å². The van der Waals surface area contributed by atoms with Gasteiger partial charge in [0.1, 0.15) is 5.78 Å². The summed E-state index contributed by atoms with van der Waals surface area (Å²) in [7, 11) is 0. The van der Waals surface area contributed by atoms with Crippen molar-refractivity contribution in [2.24, 2.45) is 45.1 Å². The van der Waals surface area contributed by atoms with Gasteiger partial charge in [-0.05, 0) is 190 Å². The minimum absolute atomic E-state index is 0. The second kappa shape index (κ2) is 25.3. The van der Waals surface area contributed by atoms with Gasteiger partial charge in [0.2, 0.25) is 11.8 Å². The number of aliphatic carboxylic acids is 1. The smallest absolute Gasteiger partial charge is 0.307 e. The maximum atomic E-state index is 16.0. The number of ether oxygens (including phenoxy) is 2. The summed E-state index contributed by atoms with van der Waals surface area (Å²) in [5, 5.41) is 35.8. The maximum absolute atomic E-state index is 16.0. The van der Waals surface area contributed by atoms with Crippen LogP contribution in [-0.4, -0.2) is 92.5 Å². The molecule has 12 atom stereocenters. The zero-order chi connectivity index (χ0) is 61.3. The van der Waals surface area contributed by atoms with Crippen LogP contribution in [0.5, 0.6) is 0 Å². The Morgan fingerprint density at radius 1 is 0.651 bits per heavy atom. The molecule has 6 heterocycles. The number of carbonyl (C=O) groups is 4. The number of hydrogen-bond acceptors (Lipinski definition) is 11. The molecule has 6 fully saturated rings. The number of ketones is 1. The van der Waals surface area contributed by atoms with Gasteiger partial charge in [-0.2, -0.15) is 0 Å². The van der Waals surface area contributed by atoms with Gasteiger partial charge in [0.15, 0.2) is 21.9 Å². The zero-order valence-electron chi connectivity index (χ0n) is 49.5. The number of pyridine rings is 2. The number of carbonyl (C=O) groups excluding carboxylic acids is 3. The number of carboxylic acid groups (broad SMARTS) is 1. The Morgan fingerprint density at radius 2 is 1.07 bits per heavy atom. The van der Waals surface area contributed by atoms with E-state index in [0.29, 0.717) is 65.9 Å². The monoisotopic (exact) mass is 1290 g/mol.